The van der Waals surface area contributed by atoms with Crippen LogP contribution >= 0.6 is 24.0 Å². The predicted molar refractivity (Wildman–Crippen MR) is 114 cm³/mol. The van der Waals surface area contributed by atoms with E-state index in [0.29, 0.717) is 15.1 Å². The summed E-state index contributed by atoms with van der Waals surface area (Å²) in [5.41, 5.74) is 4.65. The van der Waals surface area contributed by atoms with Crippen molar-refractivity contribution in [2.45, 2.75) is 45.6 Å². The van der Waals surface area contributed by atoms with Crippen LogP contribution in [0, 0.1) is 6.92 Å². The number of hydrogen-bond acceptors (Lipinski definition) is 5. The number of hydrogen-bond donors (Lipinski definition) is 1. The van der Waals surface area contributed by atoms with Crippen LogP contribution in [-0.4, -0.2) is 45.3 Å². The summed E-state index contributed by atoms with van der Waals surface area (Å²) in [5.74, 6) is -0.992. The Balaban J connectivity index is 1.99. The first-order valence-electron chi connectivity index (χ1n) is 8.87. The van der Waals surface area contributed by atoms with Crippen LogP contribution in [0.4, 0.5) is 5.69 Å². The average molecular weight is 405 g/mol. The number of fused-ring (bicyclic) bond motifs is 1. The number of amides is 1. The topological polar surface area (TPSA) is 60.9 Å². The number of thiocarbonyl (C=S) groups is 1. The molecule has 1 atom stereocenters. The molecule has 0 radical (unpaired) electrons. The zero-order valence-corrected chi connectivity index (χ0v) is 17.8. The van der Waals surface area contributed by atoms with Gasteiger partial charge in [-0.15, -0.1) is 0 Å². The lowest BCUT2D eigenvalue weighted by Gasteiger charge is -2.45. The molecule has 0 unspecified atom stereocenters. The largest absolute Gasteiger partial charge is 0.480 e. The second kappa shape index (κ2) is 6.95. The van der Waals surface area contributed by atoms with Crippen molar-refractivity contribution >= 4 is 51.9 Å². The highest BCUT2D eigenvalue weighted by Crippen LogP contribution is 2.44. The maximum absolute atomic E-state index is 12.5. The van der Waals surface area contributed by atoms with Gasteiger partial charge < -0.3 is 10.0 Å². The molecule has 0 aromatic heterocycles. The molecule has 2 aliphatic heterocycles. The van der Waals surface area contributed by atoms with Gasteiger partial charge in [0.2, 0.25) is 0 Å². The highest BCUT2D eigenvalue weighted by Gasteiger charge is 2.35. The quantitative estimate of drug-likeness (QED) is 0.607. The van der Waals surface area contributed by atoms with Gasteiger partial charge in [-0.1, -0.05) is 30.9 Å². The van der Waals surface area contributed by atoms with E-state index in [1.807, 2.05) is 13.0 Å². The number of aryl methyl sites for hydroxylation is 1. The molecular formula is C20H24N2O3S2. The first kappa shape index (κ1) is 19.9. The summed E-state index contributed by atoms with van der Waals surface area (Å²) in [7, 11) is 2.13. The number of nitrogens with zero attached hydrogens (tertiary/aromatic N) is 2. The number of anilines is 1. The Morgan fingerprint density at radius 1 is 1.44 bits per heavy atom. The van der Waals surface area contributed by atoms with Crippen molar-refractivity contribution in [2.75, 3.05) is 18.5 Å². The normalized spacial score (nSPS) is 23.1. The van der Waals surface area contributed by atoms with E-state index in [2.05, 4.69) is 44.9 Å². The second-order valence-electron chi connectivity index (χ2n) is 7.91. The van der Waals surface area contributed by atoms with Gasteiger partial charge >= 0.3 is 5.97 Å². The molecule has 2 aliphatic rings. The zero-order valence-electron chi connectivity index (χ0n) is 16.2. The average Bonchev–Trinajstić information content (AvgIpc) is 2.81. The third-order valence-electron chi connectivity index (χ3n) is 5.47. The molecule has 1 aromatic rings. The molecule has 1 fully saturated rings. The van der Waals surface area contributed by atoms with Gasteiger partial charge in [0.15, 0.2) is 0 Å². The SMILES string of the molecule is Cc1cc2c(cc1/C=C1/SC(=S)N(CC(=O)O)C1=O)[C@@H](C)CC(C)(C)N2C. The lowest BCUT2D eigenvalue weighted by molar-refractivity contribution is -0.140. The summed E-state index contributed by atoms with van der Waals surface area (Å²) in [6, 6.07) is 4.33. The zero-order chi connectivity index (χ0) is 20.1. The van der Waals surface area contributed by atoms with E-state index in [4.69, 9.17) is 17.3 Å². The fourth-order valence-electron chi connectivity index (χ4n) is 3.80. The highest BCUT2D eigenvalue weighted by molar-refractivity contribution is 8.26. The minimum absolute atomic E-state index is 0.0969. The fraction of sp³-hybridized carbons (Fsp3) is 0.450. The molecule has 1 aromatic carbocycles. The van der Waals surface area contributed by atoms with Crippen molar-refractivity contribution in [3.63, 3.8) is 0 Å². The second-order valence-corrected chi connectivity index (χ2v) is 9.58. The van der Waals surface area contributed by atoms with Gasteiger partial charge in [0.1, 0.15) is 10.9 Å². The Morgan fingerprint density at radius 3 is 2.74 bits per heavy atom. The molecule has 3 rings (SSSR count). The number of rotatable bonds is 3. The van der Waals surface area contributed by atoms with Gasteiger partial charge in [-0.05, 0) is 68.0 Å². The number of carboxylic acids is 1. The molecule has 27 heavy (non-hydrogen) atoms. The Bertz CT molecular complexity index is 876. The minimum Gasteiger partial charge on any atom is -0.480 e. The Kier molecular flexibility index (Phi) is 5.12. The van der Waals surface area contributed by atoms with Crippen molar-refractivity contribution in [2.24, 2.45) is 0 Å². The van der Waals surface area contributed by atoms with Gasteiger partial charge in [0, 0.05) is 18.3 Å². The van der Waals surface area contributed by atoms with Crippen LogP contribution in [0.1, 0.15) is 49.8 Å². The molecule has 5 nitrogen and oxygen atoms in total. The molecule has 2 heterocycles. The van der Waals surface area contributed by atoms with E-state index in [1.54, 1.807) is 0 Å². The van der Waals surface area contributed by atoms with Gasteiger partial charge in [-0.25, -0.2) is 0 Å². The summed E-state index contributed by atoms with van der Waals surface area (Å²) in [4.78, 5) is 27.4. The summed E-state index contributed by atoms with van der Waals surface area (Å²) >= 11 is 6.34. The van der Waals surface area contributed by atoms with Crippen LogP contribution in [-0.2, 0) is 9.59 Å². The molecule has 144 valence electrons. The smallest absolute Gasteiger partial charge is 0.323 e. The van der Waals surface area contributed by atoms with Gasteiger partial charge in [-0.2, -0.15) is 0 Å². The number of thioether (sulfide) groups is 1. The Morgan fingerprint density at radius 2 is 2.11 bits per heavy atom. The standard InChI is InChI=1S/C20H24N2O3S2/c1-11-6-15-14(12(2)9-20(3,4)21(15)5)7-13(11)8-16-18(25)22(10-17(23)24)19(26)27-16/h6-8,12H,9-10H2,1-5H3,(H,23,24)/b16-8+/t12-/m0/s1. The maximum Gasteiger partial charge on any atom is 0.323 e. The molecule has 0 saturated carbocycles. The molecule has 0 spiro atoms. The van der Waals surface area contributed by atoms with Crippen LogP contribution < -0.4 is 4.90 Å². The van der Waals surface area contributed by atoms with E-state index in [9.17, 15) is 9.59 Å². The number of benzene rings is 1. The van der Waals surface area contributed by atoms with E-state index in [1.165, 1.54) is 11.3 Å². The number of aliphatic carboxylic acids is 1. The molecule has 0 bridgehead atoms. The highest BCUT2D eigenvalue weighted by atomic mass is 32.2. The van der Waals surface area contributed by atoms with Crippen molar-refractivity contribution in [3.8, 4) is 0 Å². The van der Waals surface area contributed by atoms with Gasteiger partial charge in [0.25, 0.3) is 5.91 Å². The third-order valence-corrected chi connectivity index (χ3v) is 6.85. The molecule has 7 heteroatoms. The molecule has 1 N–H and O–H groups in total. The molecule has 0 aliphatic carbocycles. The lowest BCUT2D eigenvalue weighted by Crippen LogP contribution is -2.45. The minimum atomic E-state index is -1.07. The lowest BCUT2D eigenvalue weighted by atomic mass is 9.79. The fourth-order valence-corrected chi connectivity index (χ4v) is 5.05. The summed E-state index contributed by atoms with van der Waals surface area (Å²) in [6.45, 7) is 8.37. The van der Waals surface area contributed by atoms with E-state index in [0.717, 1.165) is 34.2 Å². The first-order chi connectivity index (χ1) is 12.5. The van der Waals surface area contributed by atoms with Crippen molar-refractivity contribution in [1.82, 2.24) is 4.90 Å². The van der Waals surface area contributed by atoms with Gasteiger partial charge in [0.05, 0.1) is 4.91 Å². The summed E-state index contributed by atoms with van der Waals surface area (Å²) in [6.07, 6.45) is 2.89. The van der Waals surface area contributed by atoms with Gasteiger partial charge in [-0.3, -0.25) is 14.5 Å². The van der Waals surface area contributed by atoms with Crippen molar-refractivity contribution in [1.29, 1.82) is 0 Å². The van der Waals surface area contributed by atoms with Crippen LogP contribution in [0.15, 0.2) is 17.0 Å². The van der Waals surface area contributed by atoms with Crippen LogP contribution in [0.2, 0.25) is 0 Å². The van der Waals surface area contributed by atoms with Crippen LogP contribution in [0.25, 0.3) is 6.08 Å². The van der Waals surface area contributed by atoms with Crippen LogP contribution in [0.5, 0.6) is 0 Å². The summed E-state index contributed by atoms with van der Waals surface area (Å²) < 4.78 is 0.291. The van der Waals surface area contributed by atoms with Crippen LogP contribution in [0.3, 0.4) is 0 Å². The van der Waals surface area contributed by atoms with E-state index >= 15 is 0 Å². The molecular weight excluding hydrogens is 380 g/mol. The number of carbonyl (C=O) groups is 2. The van der Waals surface area contributed by atoms with E-state index < -0.39 is 12.5 Å². The monoisotopic (exact) mass is 404 g/mol. The van der Waals surface area contributed by atoms with E-state index in [-0.39, 0.29) is 11.4 Å². The van der Waals surface area contributed by atoms with Crippen molar-refractivity contribution < 1.29 is 14.7 Å². The number of carboxylic acid groups (broad SMARTS) is 1. The maximum atomic E-state index is 12.5. The molecule has 1 amide bonds. The number of carbonyl (C=O) groups excluding carboxylic acids is 1. The molecule has 1 saturated heterocycles. The predicted octanol–water partition coefficient (Wildman–Crippen LogP) is 4.00. The summed E-state index contributed by atoms with van der Waals surface area (Å²) in [5, 5.41) is 8.97. The Labute approximate surface area is 169 Å². The first-order valence-corrected chi connectivity index (χ1v) is 10.1. The van der Waals surface area contributed by atoms with Crippen molar-refractivity contribution in [3.05, 3.63) is 33.7 Å². The Hall–Kier alpha value is -1.86. The third kappa shape index (κ3) is 3.62.